The predicted octanol–water partition coefficient (Wildman–Crippen LogP) is 3.78. The van der Waals surface area contributed by atoms with E-state index < -0.39 is 0 Å². The lowest BCUT2D eigenvalue weighted by Gasteiger charge is -2.16. The second kappa shape index (κ2) is 8.17. The molecule has 0 amide bonds. The van der Waals surface area contributed by atoms with E-state index in [-0.39, 0.29) is 11.6 Å². The number of unbranched alkanes of at least 4 members (excludes halogenated alkanes) is 1. The van der Waals surface area contributed by atoms with Crippen molar-refractivity contribution >= 4 is 16.6 Å². The molecule has 0 spiro atoms. The highest BCUT2D eigenvalue weighted by Gasteiger charge is 2.11. The molecule has 0 aliphatic heterocycles. The summed E-state index contributed by atoms with van der Waals surface area (Å²) in [7, 11) is 0. The first-order valence-electron chi connectivity index (χ1n) is 8.52. The molecule has 26 heavy (non-hydrogen) atoms. The molecule has 1 atom stereocenters. The summed E-state index contributed by atoms with van der Waals surface area (Å²) in [5.41, 5.74) is 1.40. The van der Waals surface area contributed by atoms with Gasteiger partial charge in [0.05, 0.1) is 29.6 Å². The number of aromatic nitrogens is 2. The van der Waals surface area contributed by atoms with Gasteiger partial charge in [0.2, 0.25) is 0 Å². The fraction of sp³-hybridized carbons (Fsp3) is 0.250. The van der Waals surface area contributed by atoms with Crippen molar-refractivity contribution in [2.45, 2.75) is 25.8 Å². The van der Waals surface area contributed by atoms with Gasteiger partial charge in [-0.15, -0.1) is 0 Å². The molecule has 2 aromatic carbocycles. The van der Waals surface area contributed by atoms with Crippen LogP contribution in [0.15, 0.2) is 53.3 Å². The first-order valence-corrected chi connectivity index (χ1v) is 8.52. The van der Waals surface area contributed by atoms with Crippen molar-refractivity contribution in [1.82, 2.24) is 9.97 Å². The Kier molecular flexibility index (Phi) is 5.49. The predicted molar refractivity (Wildman–Crippen MR) is 101 cm³/mol. The topological polar surface area (TPSA) is 90.8 Å². The maximum atomic E-state index is 12.2. The van der Waals surface area contributed by atoms with E-state index in [1.54, 1.807) is 6.07 Å². The van der Waals surface area contributed by atoms with Gasteiger partial charge in [-0.3, -0.25) is 4.79 Å². The fourth-order valence-electron chi connectivity index (χ4n) is 2.64. The van der Waals surface area contributed by atoms with E-state index in [0.717, 1.165) is 11.4 Å². The molecule has 132 valence electrons. The van der Waals surface area contributed by atoms with E-state index in [2.05, 4.69) is 21.4 Å². The average Bonchev–Trinajstić information content (AvgIpc) is 2.65. The molecule has 0 fully saturated rings. The summed E-state index contributed by atoms with van der Waals surface area (Å²) < 4.78 is 5.65. The van der Waals surface area contributed by atoms with E-state index in [1.165, 1.54) is 0 Å². The summed E-state index contributed by atoms with van der Waals surface area (Å²) in [5, 5.41) is 12.5. The Labute approximate surface area is 151 Å². The van der Waals surface area contributed by atoms with Crippen molar-refractivity contribution in [3.05, 3.63) is 64.7 Å². The van der Waals surface area contributed by atoms with Gasteiger partial charge < -0.3 is 15.0 Å². The summed E-state index contributed by atoms with van der Waals surface area (Å²) in [6.45, 7) is 2.44. The van der Waals surface area contributed by atoms with E-state index in [9.17, 15) is 4.79 Å². The molecule has 1 unspecified atom stereocenters. The Morgan fingerprint density at radius 3 is 2.96 bits per heavy atom. The second-order valence-corrected chi connectivity index (χ2v) is 5.97. The Morgan fingerprint density at radius 1 is 1.27 bits per heavy atom. The van der Waals surface area contributed by atoms with Crippen LogP contribution >= 0.6 is 0 Å². The minimum absolute atomic E-state index is 0.145. The lowest BCUT2D eigenvalue weighted by Crippen LogP contribution is -2.17. The third-order valence-electron chi connectivity index (χ3n) is 3.96. The quantitative estimate of drug-likeness (QED) is 0.634. The first kappa shape index (κ1) is 17.5. The first-order chi connectivity index (χ1) is 12.7. The SMILES string of the molecule is CC(Nc1cccc(OCCCC#N)c1)c1nc2ccccc2c(=O)[nH]1. The maximum absolute atomic E-state index is 12.2. The number of fused-ring (bicyclic) bond motifs is 1. The molecule has 0 saturated heterocycles. The second-order valence-electron chi connectivity index (χ2n) is 5.97. The van der Waals surface area contributed by atoms with E-state index in [1.807, 2.05) is 49.4 Å². The molecule has 0 radical (unpaired) electrons. The van der Waals surface area contributed by atoms with E-state index in [4.69, 9.17) is 10.00 Å². The van der Waals surface area contributed by atoms with Crippen LogP contribution < -0.4 is 15.6 Å². The number of ether oxygens (including phenoxy) is 1. The zero-order valence-electron chi connectivity index (χ0n) is 14.5. The summed E-state index contributed by atoms with van der Waals surface area (Å²) in [5.74, 6) is 1.31. The minimum atomic E-state index is -0.179. The number of rotatable bonds is 7. The number of hydrogen-bond acceptors (Lipinski definition) is 5. The van der Waals surface area contributed by atoms with Crippen molar-refractivity contribution in [3.8, 4) is 11.8 Å². The molecule has 1 heterocycles. The summed E-state index contributed by atoms with van der Waals surface area (Å²) in [4.78, 5) is 19.6. The summed E-state index contributed by atoms with van der Waals surface area (Å²) >= 11 is 0. The van der Waals surface area contributed by atoms with Crippen LogP contribution in [0.2, 0.25) is 0 Å². The Balaban J connectivity index is 1.73. The van der Waals surface area contributed by atoms with Gasteiger partial charge in [0.25, 0.3) is 5.56 Å². The van der Waals surface area contributed by atoms with Crippen LogP contribution in [0.25, 0.3) is 10.9 Å². The standard InChI is InChI=1S/C20H20N4O2/c1-14(19-23-18-10-3-2-9-17(18)20(25)24-19)22-15-7-6-8-16(13-15)26-12-5-4-11-21/h2-3,6-10,13-14,22H,4-5,12H2,1H3,(H,23,24,25). The van der Waals surface area contributed by atoms with Crippen LogP contribution in [0.5, 0.6) is 5.75 Å². The van der Waals surface area contributed by atoms with Gasteiger partial charge in [-0.25, -0.2) is 4.98 Å². The number of benzene rings is 2. The number of nitriles is 1. The maximum Gasteiger partial charge on any atom is 0.258 e. The van der Waals surface area contributed by atoms with Crippen LogP contribution in [-0.4, -0.2) is 16.6 Å². The highest BCUT2D eigenvalue weighted by atomic mass is 16.5. The van der Waals surface area contributed by atoms with Gasteiger partial charge in [-0.2, -0.15) is 5.26 Å². The molecular formula is C20H20N4O2. The van der Waals surface area contributed by atoms with Crippen molar-refractivity contribution in [3.63, 3.8) is 0 Å². The molecule has 3 rings (SSSR count). The third-order valence-corrected chi connectivity index (χ3v) is 3.96. The summed E-state index contributed by atoms with van der Waals surface area (Å²) in [6, 6.07) is 16.8. The fourth-order valence-corrected chi connectivity index (χ4v) is 2.64. The lowest BCUT2D eigenvalue weighted by molar-refractivity contribution is 0.313. The van der Waals surface area contributed by atoms with E-state index in [0.29, 0.717) is 36.2 Å². The molecule has 6 heteroatoms. The Morgan fingerprint density at radius 2 is 2.12 bits per heavy atom. The van der Waals surface area contributed by atoms with Crippen LogP contribution in [0.3, 0.4) is 0 Å². The number of hydrogen-bond donors (Lipinski definition) is 2. The van der Waals surface area contributed by atoms with Crippen molar-refractivity contribution < 1.29 is 4.74 Å². The summed E-state index contributed by atoms with van der Waals surface area (Å²) in [6.07, 6.45) is 1.18. The van der Waals surface area contributed by atoms with Gasteiger partial charge in [-0.1, -0.05) is 18.2 Å². The number of nitrogens with zero attached hydrogens (tertiary/aromatic N) is 2. The molecular weight excluding hydrogens is 328 g/mol. The van der Waals surface area contributed by atoms with Gasteiger partial charge in [0.1, 0.15) is 11.6 Å². The van der Waals surface area contributed by atoms with Gasteiger partial charge >= 0.3 is 0 Å². The average molecular weight is 348 g/mol. The molecule has 0 bridgehead atoms. The Hall–Kier alpha value is -3.33. The molecule has 0 aliphatic rings. The monoisotopic (exact) mass is 348 g/mol. The largest absolute Gasteiger partial charge is 0.493 e. The molecule has 6 nitrogen and oxygen atoms in total. The van der Waals surface area contributed by atoms with Crippen LogP contribution in [0.1, 0.15) is 31.6 Å². The van der Waals surface area contributed by atoms with E-state index >= 15 is 0 Å². The van der Waals surface area contributed by atoms with Crippen molar-refractivity contribution in [2.24, 2.45) is 0 Å². The minimum Gasteiger partial charge on any atom is -0.493 e. The third kappa shape index (κ3) is 4.19. The van der Waals surface area contributed by atoms with Crippen LogP contribution in [0, 0.1) is 11.3 Å². The smallest absolute Gasteiger partial charge is 0.258 e. The number of aromatic amines is 1. The highest BCUT2D eigenvalue weighted by Crippen LogP contribution is 2.22. The molecule has 0 saturated carbocycles. The zero-order valence-corrected chi connectivity index (χ0v) is 14.5. The molecule has 2 N–H and O–H groups in total. The van der Waals surface area contributed by atoms with Crippen molar-refractivity contribution in [1.29, 1.82) is 5.26 Å². The lowest BCUT2D eigenvalue weighted by atomic mass is 10.2. The van der Waals surface area contributed by atoms with Crippen LogP contribution in [0.4, 0.5) is 5.69 Å². The Bertz CT molecular complexity index is 991. The number of anilines is 1. The highest BCUT2D eigenvalue weighted by molar-refractivity contribution is 5.77. The normalized spacial score (nSPS) is 11.7. The molecule has 0 aliphatic carbocycles. The number of H-pyrrole nitrogens is 1. The van der Waals surface area contributed by atoms with Gasteiger partial charge in [-0.05, 0) is 37.6 Å². The zero-order chi connectivity index (χ0) is 18.4. The van der Waals surface area contributed by atoms with Gasteiger partial charge in [0, 0.05) is 18.2 Å². The van der Waals surface area contributed by atoms with Crippen LogP contribution in [-0.2, 0) is 0 Å². The number of para-hydroxylation sites is 1. The number of nitrogens with one attached hydrogen (secondary N) is 2. The molecule has 3 aromatic rings. The molecule has 1 aromatic heterocycles. The van der Waals surface area contributed by atoms with Gasteiger partial charge in [0.15, 0.2) is 0 Å². The van der Waals surface area contributed by atoms with Crippen molar-refractivity contribution in [2.75, 3.05) is 11.9 Å².